The van der Waals surface area contributed by atoms with E-state index in [4.69, 9.17) is 10.5 Å². The predicted octanol–water partition coefficient (Wildman–Crippen LogP) is 0.884. The van der Waals surface area contributed by atoms with Crippen LogP contribution in [0.2, 0.25) is 0 Å². The fourth-order valence-electron chi connectivity index (χ4n) is 6.33. The third kappa shape index (κ3) is 4.22. The monoisotopic (exact) mass is 531 g/mol. The number of amides is 1. The molecule has 7 N–H and O–H groups in total. The summed E-state index contributed by atoms with van der Waals surface area (Å²) in [4.78, 5) is 41.3. The number of rotatable bonds is 8. The minimum Gasteiger partial charge on any atom is -0.507 e. The van der Waals surface area contributed by atoms with E-state index in [-0.39, 0.29) is 29.7 Å². The second-order valence-corrected chi connectivity index (χ2v) is 10.5. The number of aliphatic hydroxyl groups excluding tert-OH is 2. The highest BCUT2D eigenvalue weighted by Crippen LogP contribution is 2.52. The molecule has 0 aromatic heterocycles. The number of carbonyl (C=O) groups is 3. The van der Waals surface area contributed by atoms with Gasteiger partial charge in [0.05, 0.1) is 29.9 Å². The fourth-order valence-corrected chi connectivity index (χ4v) is 6.33. The van der Waals surface area contributed by atoms with E-state index in [1.54, 1.807) is 7.05 Å². The summed E-state index contributed by atoms with van der Waals surface area (Å²) in [6, 6.07) is 1.83. The van der Waals surface area contributed by atoms with Crippen LogP contribution in [0.25, 0.3) is 5.76 Å². The quantitative estimate of drug-likeness (QED) is 0.208. The predicted molar refractivity (Wildman–Crippen MR) is 140 cm³/mol. The van der Waals surface area contributed by atoms with Gasteiger partial charge in [0.1, 0.15) is 11.5 Å². The number of methoxy groups -OCH3 is 1. The van der Waals surface area contributed by atoms with Crippen LogP contribution in [0.1, 0.15) is 43.7 Å². The van der Waals surface area contributed by atoms with Gasteiger partial charge < -0.3 is 41.1 Å². The number of phenols is 1. The number of piperidine rings is 1. The normalized spacial score (nSPS) is 26.9. The smallest absolute Gasteiger partial charge is 0.227 e. The van der Waals surface area contributed by atoms with Crippen LogP contribution >= 0.6 is 0 Å². The Morgan fingerprint density at radius 1 is 1.26 bits per heavy atom. The van der Waals surface area contributed by atoms with Crippen molar-refractivity contribution < 1.29 is 39.5 Å². The summed E-state index contributed by atoms with van der Waals surface area (Å²) in [5.41, 5.74) is 4.24. The van der Waals surface area contributed by atoms with Gasteiger partial charge in [-0.05, 0) is 56.6 Å². The highest BCUT2D eigenvalue weighted by atomic mass is 16.5. The second-order valence-electron chi connectivity index (χ2n) is 10.5. The molecule has 5 atom stereocenters. The fraction of sp³-hybridized carbons (Fsp3) is 0.593. The number of hydrogen-bond donors (Lipinski definition) is 6. The Balaban J connectivity index is 1.91. The first-order chi connectivity index (χ1) is 18.0. The summed E-state index contributed by atoms with van der Waals surface area (Å²) >= 11 is 0. The van der Waals surface area contributed by atoms with Crippen LogP contribution in [-0.4, -0.2) is 83.5 Å². The minimum absolute atomic E-state index is 0.00481. The molecular weight excluding hydrogens is 494 g/mol. The van der Waals surface area contributed by atoms with Crippen molar-refractivity contribution in [1.82, 2.24) is 0 Å². The first-order valence-electron chi connectivity index (χ1n) is 13.0. The number of phenolic OH excluding ortho intramolecular Hbond substituents is 1. The number of carbonyl (C=O) groups excluding carboxylic acids is 3. The SMILES string of the molecule is CNc1cc(N2CCCCC2)c(O)c2c1C[C@H]1CC([C@@H](CO)OC)[C@@](O)(C(=O)C(C)C(N)=O)C(=O)C1=C2O. The van der Waals surface area contributed by atoms with Gasteiger partial charge in [0.15, 0.2) is 11.4 Å². The van der Waals surface area contributed by atoms with Crippen molar-refractivity contribution in [2.24, 2.45) is 23.5 Å². The molecule has 2 unspecified atom stereocenters. The average Bonchev–Trinajstić information content (AvgIpc) is 2.91. The van der Waals surface area contributed by atoms with E-state index in [1.807, 2.05) is 11.0 Å². The van der Waals surface area contributed by atoms with Crippen molar-refractivity contribution in [2.75, 3.05) is 44.1 Å². The number of benzene rings is 1. The van der Waals surface area contributed by atoms with Crippen molar-refractivity contribution in [3.8, 4) is 5.75 Å². The molecule has 0 bridgehead atoms. The van der Waals surface area contributed by atoms with Crippen LogP contribution < -0.4 is 16.0 Å². The molecule has 11 heteroatoms. The van der Waals surface area contributed by atoms with Gasteiger partial charge in [0.2, 0.25) is 11.7 Å². The number of nitrogens with zero attached hydrogens (tertiary/aromatic N) is 1. The Bertz CT molecular complexity index is 1170. The molecule has 2 fully saturated rings. The van der Waals surface area contributed by atoms with E-state index in [1.165, 1.54) is 14.0 Å². The zero-order valence-electron chi connectivity index (χ0n) is 22.0. The van der Waals surface area contributed by atoms with E-state index in [0.29, 0.717) is 16.9 Å². The highest BCUT2D eigenvalue weighted by Gasteiger charge is 2.61. The van der Waals surface area contributed by atoms with Gasteiger partial charge in [-0.25, -0.2) is 0 Å². The number of Topliss-reactive ketones (excluding diaryl/α,β-unsaturated/α-hetero) is 2. The lowest BCUT2D eigenvalue weighted by Gasteiger charge is -2.46. The second kappa shape index (κ2) is 10.5. The summed E-state index contributed by atoms with van der Waals surface area (Å²) in [7, 11) is 3.01. The molecule has 0 spiro atoms. The number of aromatic hydroxyl groups is 1. The maximum atomic E-state index is 14.0. The maximum Gasteiger partial charge on any atom is 0.227 e. The molecule has 3 aliphatic rings. The number of nitrogens with one attached hydrogen (secondary N) is 1. The first-order valence-corrected chi connectivity index (χ1v) is 13.0. The molecule has 1 heterocycles. The summed E-state index contributed by atoms with van der Waals surface area (Å²) in [6.07, 6.45) is 2.11. The van der Waals surface area contributed by atoms with Crippen molar-refractivity contribution >= 4 is 34.6 Å². The molecule has 1 saturated heterocycles. The molecule has 1 aromatic carbocycles. The number of ether oxygens (including phenoxy) is 1. The van der Waals surface area contributed by atoms with Crippen molar-refractivity contribution in [3.63, 3.8) is 0 Å². The van der Waals surface area contributed by atoms with Crippen LogP contribution in [0.15, 0.2) is 11.6 Å². The largest absolute Gasteiger partial charge is 0.507 e. The average molecular weight is 532 g/mol. The van der Waals surface area contributed by atoms with Crippen LogP contribution in [0.4, 0.5) is 11.4 Å². The zero-order chi connectivity index (χ0) is 27.9. The number of anilines is 2. The standard InChI is InChI=1S/C27H37N3O8/c1-13(26(28)36)24(34)27(37)16(19(12-31)38-3)10-14-9-15-17(29-2)11-18(30-7-5-4-6-8-30)22(32)21(15)23(33)20(14)25(27)35/h11,13-14,16,19,29,31-33,37H,4-10,12H2,1-3H3,(H2,28,36)/t13?,14-,16?,19+,27+/m0/s1. The number of nitrogens with two attached hydrogens (primary N) is 1. The van der Waals surface area contributed by atoms with Crippen LogP contribution in [0, 0.1) is 17.8 Å². The maximum absolute atomic E-state index is 14.0. The topological polar surface area (TPSA) is 183 Å². The minimum atomic E-state index is -2.78. The van der Waals surface area contributed by atoms with Crippen LogP contribution in [-0.2, 0) is 25.5 Å². The Hall–Kier alpha value is -3.15. The molecule has 1 saturated carbocycles. The number of ketones is 2. The Labute approximate surface area is 221 Å². The number of aliphatic hydroxyl groups is 3. The molecule has 1 amide bonds. The Kier molecular flexibility index (Phi) is 7.74. The molecule has 1 aliphatic heterocycles. The van der Waals surface area contributed by atoms with E-state index < -0.39 is 59.3 Å². The van der Waals surface area contributed by atoms with Gasteiger partial charge in [-0.1, -0.05) is 0 Å². The van der Waals surface area contributed by atoms with Gasteiger partial charge in [0.25, 0.3) is 0 Å². The third-order valence-electron chi connectivity index (χ3n) is 8.50. The summed E-state index contributed by atoms with van der Waals surface area (Å²) in [6.45, 7) is 2.06. The third-order valence-corrected chi connectivity index (χ3v) is 8.50. The molecule has 208 valence electrons. The number of fused-ring (bicyclic) bond motifs is 2. The van der Waals surface area contributed by atoms with Crippen molar-refractivity contribution in [3.05, 3.63) is 22.8 Å². The van der Waals surface area contributed by atoms with E-state index in [0.717, 1.165) is 32.4 Å². The zero-order valence-corrected chi connectivity index (χ0v) is 22.0. The lowest BCUT2D eigenvalue weighted by Crippen LogP contribution is -2.64. The molecule has 11 nitrogen and oxygen atoms in total. The molecular formula is C27H37N3O8. The van der Waals surface area contributed by atoms with Gasteiger partial charge >= 0.3 is 0 Å². The molecule has 38 heavy (non-hydrogen) atoms. The number of hydrogen-bond acceptors (Lipinski definition) is 10. The van der Waals surface area contributed by atoms with Gasteiger partial charge in [-0.15, -0.1) is 0 Å². The summed E-state index contributed by atoms with van der Waals surface area (Å²) < 4.78 is 5.33. The molecule has 2 aliphatic carbocycles. The summed E-state index contributed by atoms with van der Waals surface area (Å²) in [5, 5.41) is 47.7. The molecule has 1 aromatic rings. The first kappa shape index (κ1) is 27.9. The van der Waals surface area contributed by atoms with E-state index in [2.05, 4.69) is 5.32 Å². The van der Waals surface area contributed by atoms with Gasteiger partial charge in [-0.3, -0.25) is 14.4 Å². The molecule has 0 radical (unpaired) electrons. The Morgan fingerprint density at radius 2 is 1.92 bits per heavy atom. The van der Waals surface area contributed by atoms with Crippen LogP contribution in [0.3, 0.4) is 0 Å². The lowest BCUT2D eigenvalue weighted by molar-refractivity contribution is -0.171. The Morgan fingerprint density at radius 3 is 2.47 bits per heavy atom. The highest BCUT2D eigenvalue weighted by molar-refractivity contribution is 6.24. The van der Waals surface area contributed by atoms with Crippen molar-refractivity contribution in [1.29, 1.82) is 0 Å². The van der Waals surface area contributed by atoms with Crippen molar-refractivity contribution in [2.45, 2.75) is 50.7 Å². The van der Waals surface area contributed by atoms with Gasteiger partial charge in [-0.2, -0.15) is 0 Å². The summed E-state index contributed by atoms with van der Waals surface area (Å²) in [5.74, 6) is -7.27. The van der Waals surface area contributed by atoms with Crippen LogP contribution in [0.5, 0.6) is 5.75 Å². The van der Waals surface area contributed by atoms with Gasteiger partial charge in [0, 0.05) is 44.4 Å². The van der Waals surface area contributed by atoms with E-state index >= 15 is 0 Å². The van der Waals surface area contributed by atoms with E-state index in [9.17, 15) is 34.8 Å². The number of primary amides is 1. The lowest BCUT2D eigenvalue weighted by atomic mass is 9.59. The molecule has 4 rings (SSSR count).